The molecule has 0 aromatic heterocycles. The normalized spacial score (nSPS) is 11.5. The van der Waals surface area contributed by atoms with Gasteiger partial charge in [0.15, 0.2) is 0 Å². The van der Waals surface area contributed by atoms with Crippen molar-refractivity contribution < 1.29 is 14.3 Å². The zero-order chi connectivity index (χ0) is 18.9. The Labute approximate surface area is 158 Å². The lowest BCUT2D eigenvalue weighted by Crippen LogP contribution is -2.29. The molecular formula is C20H23ClN2O3. The molecule has 26 heavy (non-hydrogen) atoms. The Kier molecular flexibility index (Phi) is 7.48. The van der Waals surface area contributed by atoms with Gasteiger partial charge in [-0.1, -0.05) is 29.8 Å². The van der Waals surface area contributed by atoms with Crippen LogP contribution < -0.4 is 15.4 Å². The monoisotopic (exact) mass is 374 g/mol. The zero-order valence-corrected chi connectivity index (χ0v) is 15.7. The zero-order valence-electron chi connectivity index (χ0n) is 14.9. The highest BCUT2D eigenvalue weighted by atomic mass is 35.5. The van der Waals surface area contributed by atoms with Gasteiger partial charge < -0.3 is 15.4 Å². The van der Waals surface area contributed by atoms with Crippen molar-refractivity contribution in [1.82, 2.24) is 10.6 Å². The van der Waals surface area contributed by atoms with E-state index in [0.717, 1.165) is 5.56 Å². The molecule has 1 unspecified atom stereocenters. The predicted octanol–water partition coefficient (Wildman–Crippen LogP) is 3.74. The Hall–Kier alpha value is -2.53. The van der Waals surface area contributed by atoms with Gasteiger partial charge in [0.1, 0.15) is 5.75 Å². The van der Waals surface area contributed by atoms with Crippen LogP contribution in [0.2, 0.25) is 5.02 Å². The summed E-state index contributed by atoms with van der Waals surface area (Å²) in [6, 6.07) is 14.1. The highest BCUT2D eigenvalue weighted by Gasteiger charge is 2.12. The summed E-state index contributed by atoms with van der Waals surface area (Å²) in [7, 11) is 1.58. The lowest BCUT2D eigenvalue weighted by molar-refractivity contribution is -0.121. The number of halogens is 1. The van der Waals surface area contributed by atoms with Crippen molar-refractivity contribution in [3.8, 4) is 5.75 Å². The van der Waals surface area contributed by atoms with Crippen molar-refractivity contribution in [2.24, 2.45) is 0 Å². The number of amides is 2. The number of benzene rings is 2. The van der Waals surface area contributed by atoms with Crippen molar-refractivity contribution in [3.05, 3.63) is 64.7 Å². The fourth-order valence-corrected chi connectivity index (χ4v) is 2.81. The van der Waals surface area contributed by atoms with Gasteiger partial charge in [-0.3, -0.25) is 9.59 Å². The van der Waals surface area contributed by atoms with Crippen molar-refractivity contribution >= 4 is 23.4 Å². The van der Waals surface area contributed by atoms with Crippen LogP contribution in [0.15, 0.2) is 48.5 Å². The van der Waals surface area contributed by atoms with Crippen molar-refractivity contribution in [3.63, 3.8) is 0 Å². The van der Waals surface area contributed by atoms with Crippen LogP contribution in [-0.4, -0.2) is 25.5 Å². The standard InChI is InChI=1S/C20H23ClN2O3/c1-14(17-6-3-4-7-18(17)21)23-19(24)8-5-13-22-20(25)15-9-11-16(26-2)12-10-15/h3-4,6-7,9-12,14H,5,8,13H2,1-2H3,(H,22,25)(H,23,24). The summed E-state index contributed by atoms with van der Waals surface area (Å²) in [5.74, 6) is 0.458. The maximum atomic E-state index is 12.0. The lowest BCUT2D eigenvalue weighted by atomic mass is 10.1. The molecule has 0 aliphatic rings. The van der Waals surface area contributed by atoms with E-state index in [2.05, 4.69) is 10.6 Å². The number of rotatable bonds is 8. The first-order valence-electron chi connectivity index (χ1n) is 8.47. The molecule has 0 aliphatic heterocycles. The van der Waals surface area contributed by atoms with E-state index in [-0.39, 0.29) is 17.9 Å². The first-order chi connectivity index (χ1) is 12.5. The summed E-state index contributed by atoms with van der Waals surface area (Å²) in [5.41, 5.74) is 1.44. The number of methoxy groups -OCH3 is 1. The molecule has 2 aromatic carbocycles. The van der Waals surface area contributed by atoms with E-state index in [4.69, 9.17) is 16.3 Å². The lowest BCUT2D eigenvalue weighted by Gasteiger charge is -2.15. The van der Waals surface area contributed by atoms with Crippen LogP contribution in [0.4, 0.5) is 0 Å². The van der Waals surface area contributed by atoms with E-state index in [1.807, 2.05) is 25.1 Å². The molecule has 0 spiro atoms. The molecule has 2 N–H and O–H groups in total. The molecule has 0 aliphatic carbocycles. The van der Waals surface area contributed by atoms with Crippen LogP contribution in [0.1, 0.15) is 41.7 Å². The third-order valence-electron chi connectivity index (χ3n) is 3.97. The van der Waals surface area contributed by atoms with E-state index in [0.29, 0.717) is 35.7 Å². The van der Waals surface area contributed by atoms with Gasteiger partial charge in [0, 0.05) is 23.6 Å². The van der Waals surface area contributed by atoms with Crippen molar-refractivity contribution in [2.45, 2.75) is 25.8 Å². The van der Waals surface area contributed by atoms with Gasteiger partial charge in [0.05, 0.1) is 13.2 Å². The summed E-state index contributed by atoms with van der Waals surface area (Å²) < 4.78 is 5.06. The van der Waals surface area contributed by atoms with Gasteiger partial charge in [0.2, 0.25) is 5.91 Å². The number of carbonyl (C=O) groups excluding carboxylic acids is 2. The Balaban J connectivity index is 1.71. The third-order valence-corrected chi connectivity index (χ3v) is 4.31. The van der Waals surface area contributed by atoms with Crippen molar-refractivity contribution in [2.75, 3.05) is 13.7 Å². The van der Waals surface area contributed by atoms with Crippen LogP contribution in [-0.2, 0) is 4.79 Å². The molecule has 0 radical (unpaired) electrons. The van der Waals surface area contributed by atoms with Crippen LogP contribution in [0.3, 0.4) is 0 Å². The van der Waals surface area contributed by atoms with Crippen LogP contribution in [0.25, 0.3) is 0 Å². The van der Waals surface area contributed by atoms with Crippen LogP contribution in [0.5, 0.6) is 5.75 Å². The summed E-state index contributed by atoms with van der Waals surface area (Å²) in [5, 5.41) is 6.36. The summed E-state index contributed by atoms with van der Waals surface area (Å²) in [6.07, 6.45) is 0.890. The highest BCUT2D eigenvalue weighted by Crippen LogP contribution is 2.22. The third kappa shape index (κ3) is 5.77. The molecule has 0 saturated carbocycles. The maximum absolute atomic E-state index is 12.0. The molecular weight excluding hydrogens is 352 g/mol. The molecule has 5 nitrogen and oxygen atoms in total. The number of carbonyl (C=O) groups is 2. The van der Waals surface area contributed by atoms with Gasteiger partial charge in [-0.2, -0.15) is 0 Å². The van der Waals surface area contributed by atoms with E-state index < -0.39 is 0 Å². The van der Waals surface area contributed by atoms with Gasteiger partial charge in [-0.25, -0.2) is 0 Å². The minimum atomic E-state index is -0.169. The molecule has 0 bridgehead atoms. The number of nitrogens with one attached hydrogen (secondary N) is 2. The second-order valence-corrected chi connectivity index (χ2v) is 6.31. The molecule has 0 fully saturated rings. The van der Waals surface area contributed by atoms with Crippen LogP contribution >= 0.6 is 11.6 Å². The molecule has 1 atom stereocenters. The summed E-state index contributed by atoms with van der Waals surface area (Å²) in [4.78, 5) is 24.1. The average molecular weight is 375 g/mol. The van der Waals surface area contributed by atoms with E-state index in [1.54, 1.807) is 37.4 Å². The minimum absolute atomic E-state index is 0.0730. The molecule has 2 rings (SSSR count). The molecule has 138 valence electrons. The van der Waals surface area contributed by atoms with E-state index in [9.17, 15) is 9.59 Å². The Morgan fingerprint density at radius 3 is 2.46 bits per heavy atom. The highest BCUT2D eigenvalue weighted by molar-refractivity contribution is 6.31. The van der Waals surface area contributed by atoms with E-state index >= 15 is 0 Å². The first-order valence-corrected chi connectivity index (χ1v) is 8.85. The predicted molar refractivity (Wildman–Crippen MR) is 103 cm³/mol. The first kappa shape index (κ1) is 19.8. The SMILES string of the molecule is COc1ccc(C(=O)NCCCC(=O)NC(C)c2ccccc2Cl)cc1. The molecule has 6 heteroatoms. The minimum Gasteiger partial charge on any atom is -0.497 e. The van der Waals surface area contributed by atoms with Gasteiger partial charge >= 0.3 is 0 Å². The number of ether oxygens (including phenoxy) is 1. The molecule has 2 aromatic rings. The van der Waals surface area contributed by atoms with Crippen molar-refractivity contribution in [1.29, 1.82) is 0 Å². The summed E-state index contributed by atoms with van der Waals surface area (Å²) >= 11 is 6.13. The van der Waals surface area contributed by atoms with Gasteiger partial charge in [0.25, 0.3) is 5.91 Å². The quantitative estimate of drug-likeness (QED) is 0.692. The molecule has 0 saturated heterocycles. The fraction of sp³-hybridized carbons (Fsp3) is 0.300. The smallest absolute Gasteiger partial charge is 0.251 e. The van der Waals surface area contributed by atoms with E-state index in [1.165, 1.54) is 0 Å². The fourth-order valence-electron chi connectivity index (χ4n) is 2.51. The second kappa shape index (κ2) is 9.82. The Morgan fingerprint density at radius 1 is 1.12 bits per heavy atom. The maximum Gasteiger partial charge on any atom is 0.251 e. The average Bonchev–Trinajstić information content (AvgIpc) is 2.65. The largest absolute Gasteiger partial charge is 0.497 e. The topological polar surface area (TPSA) is 67.4 Å². The van der Waals surface area contributed by atoms with Gasteiger partial charge in [-0.15, -0.1) is 0 Å². The number of hydrogen-bond donors (Lipinski definition) is 2. The number of hydrogen-bond acceptors (Lipinski definition) is 3. The molecule has 0 heterocycles. The second-order valence-electron chi connectivity index (χ2n) is 5.90. The molecule has 2 amide bonds. The Bertz CT molecular complexity index is 747. The summed E-state index contributed by atoms with van der Waals surface area (Å²) in [6.45, 7) is 2.32. The Morgan fingerprint density at radius 2 is 1.81 bits per heavy atom. The van der Waals surface area contributed by atoms with Gasteiger partial charge in [-0.05, 0) is 49.2 Å². The van der Waals surface area contributed by atoms with Crippen LogP contribution in [0, 0.1) is 0 Å².